The average molecular weight is 517 g/mol. The molecule has 1 aliphatic rings. The first-order valence-electron chi connectivity index (χ1n) is 10.3. The van der Waals surface area contributed by atoms with Gasteiger partial charge in [0.15, 0.2) is 5.96 Å². The Balaban J connectivity index is 0.00000420. The second kappa shape index (κ2) is 16.5. The lowest BCUT2D eigenvalue weighted by Gasteiger charge is -2.21. The number of para-hydroxylation sites is 1. The Kier molecular flexibility index (Phi) is 14.6. The van der Waals surface area contributed by atoms with Crippen LogP contribution in [0.3, 0.4) is 0 Å². The van der Waals surface area contributed by atoms with Crippen molar-refractivity contribution in [3.8, 4) is 5.75 Å². The van der Waals surface area contributed by atoms with E-state index in [1.54, 1.807) is 6.08 Å². The lowest BCUT2D eigenvalue weighted by Crippen LogP contribution is -2.38. The van der Waals surface area contributed by atoms with Gasteiger partial charge in [-0.3, -0.25) is 0 Å². The highest BCUT2D eigenvalue weighted by Gasteiger charge is 2.13. The fraction of sp³-hybridized carbons (Fsp3) is 0.591. The molecule has 1 aromatic rings. The van der Waals surface area contributed by atoms with Gasteiger partial charge in [-0.15, -0.1) is 24.0 Å². The van der Waals surface area contributed by atoms with Crippen LogP contribution in [0.1, 0.15) is 31.7 Å². The molecule has 0 saturated carbocycles. The van der Waals surface area contributed by atoms with E-state index in [1.807, 2.05) is 24.3 Å². The number of hydrogen-bond acceptors (Lipinski definition) is 4. The van der Waals surface area contributed by atoms with Crippen molar-refractivity contribution in [1.82, 2.24) is 10.6 Å². The van der Waals surface area contributed by atoms with Gasteiger partial charge in [0, 0.05) is 45.1 Å². The van der Waals surface area contributed by atoms with E-state index in [2.05, 4.69) is 29.1 Å². The van der Waals surface area contributed by atoms with Gasteiger partial charge in [0.2, 0.25) is 0 Å². The Morgan fingerprint density at radius 1 is 1.28 bits per heavy atom. The standard InChI is InChI=1S/C22H35N3O3.HI/c1-3-13-28-21-9-6-5-8-20(21)17-25-22(23-4-2)24-12-7-14-27-18-19-10-15-26-16-11-19;/h3,5-6,8-9,19H,1,4,7,10-18H2,2H3,(H2,23,24,25);1H. The van der Waals surface area contributed by atoms with Crippen molar-refractivity contribution in [3.63, 3.8) is 0 Å². The Bertz CT molecular complexity index is 592. The lowest BCUT2D eigenvalue weighted by molar-refractivity contribution is 0.0203. The molecule has 1 aromatic carbocycles. The number of nitrogens with zero attached hydrogens (tertiary/aromatic N) is 1. The maximum atomic E-state index is 5.82. The highest BCUT2D eigenvalue weighted by Crippen LogP contribution is 2.18. The van der Waals surface area contributed by atoms with Gasteiger partial charge < -0.3 is 24.8 Å². The Morgan fingerprint density at radius 3 is 2.83 bits per heavy atom. The van der Waals surface area contributed by atoms with Crippen LogP contribution in [-0.4, -0.2) is 52.1 Å². The molecule has 29 heavy (non-hydrogen) atoms. The minimum Gasteiger partial charge on any atom is -0.489 e. The SMILES string of the molecule is C=CCOc1ccccc1CN=C(NCC)NCCCOCC1CCOCC1.I. The summed E-state index contributed by atoms with van der Waals surface area (Å²) in [5, 5.41) is 6.66. The van der Waals surface area contributed by atoms with Gasteiger partial charge in [-0.1, -0.05) is 30.9 Å². The minimum atomic E-state index is 0. The zero-order valence-corrected chi connectivity index (χ0v) is 19.9. The number of halogens is 1. The molecule has 0 bridgehead atoms. The number of guanidine groups is 1. The monoisotopic (exact) mass is 517 g/mol. The molecule has 1 aliphatic heterocycles. The summed E-state index contributed by atoms with van der Waals surface area (Å²) < 4.78 is 16.9. The lowest BCUT2D eigenvalue weighted by atomic mass is 10.0. The van der Waals surface area contributed by atoms with Crippen molar-refractivity contribution in [3.05, 3.63) is 42.5 Å². The molecule has 1 fully saturated rings. The van der Waals surface area contributed by atoms with Crippen molar-refractivity contribution in [2.24, 2.45) is 10.9 Å². The summed E-state index contributed by atoms with van der Waals surface area (Å²) in [6, 6.07) is 7.97. The molecule has 1 heterocycles. The highest BCUT2D eigenvalue weighted by molar-refractivity contribution is 14.0. The molecular weight excluding hydrogens is 481 g/mol. The quantitative estimate of drug-likeness (QED) is 0.145. The average Bonchev–Trinajstić information content (AvgIpc) is 2.74. The fourth-order valence-corrected chi connectivity index (χ4v) is 2.97. The largest absolute Gasteiger partial charge is 0.489 e. The van der Waals surface area contributed by atoms with Gasteiger partial charge in [0.1, 0.15) is 12.4 Å². The normalized spacial score (nSPS) is 14.7. The third kappa shape index (κ3) is 10.9. The van der Waals surface area contributed by atoms with Crippen LogP contribution in [0.2, 0.25) is 0 Å². The molecule has 164 valence electrons. The first kappa shape index (κ1) is 25.7. The number of hydrogen-bond donors (Lipinski definition) is 2. The van der Waals surface area contributed by atoms with Crippen molar-refractivity contribution in [2.75, 3.05) is 46.1 Å². The third-order valence-corrected chi connectivity index (χ3v) is 4.53. The second-order valence-corrected chi connectivity index (χ2v) is 6.81. The summed E-state index contributed by atoms with van der Waals surface area (Å²) in [5.41, 5.74) is 1.06. The van der Waals surface area contributed by atoms with E-state index in [1.165, 1.54) is 0 Å². The van der Waals surface area contributed by atoms with Crippen molar-refractivity contribution < 1.29 is 14.2 Å². The van der Waals surface area contributed by atoms with E-state index in [4.69, 9.17) is 14.2 Å². The highest BCUT2D eigenvalue weighted by atomic mass is 127. The number of ether oxygens (including phenoxy) is 3. The molecule has 0 aromatic heterocycles. The van der Waals surface area contributed by atoms with Crippen LogP contribution in [0.5, 0.6) is 5.75 Å². The number of nitrogens with one attached hydrogen (secondary N) is 2. The first-order chi connectivity index (χ1) is 13.8. The summed E-state index contributed by atoms with van der Waals surface area (Å²) in [6.07, 6.45) is 4.93. The molecule has 0 aliphatic carbocycles. The van der Waals surface area contributed by atoms with E-state index in [-0.39, 0.29) is 24.0 Å². The van der Waals surface area contributed by atoms with Crippen LogP contribution < -0.4 is 15.4 Å². The van der Waals surface area contributed by atoms with Crippen LogP contribution >= 0.6 is 24.0 Å². The van der Waals surface area contributed by atoms with E-state index in [0.717, 1.165) is 76.1 Å². The van der Waals surface area contributed by atoms with Crippen LogP contribution in [-0.2, 0) is 16.0 Å². The van der Waals surface area contributed by atoms with Gasteiger partial charge >= 0.3 is 0 Å². The third-order valence-electron chi connectivity index (χ3n) is 4.53. The van der Waals surface area contributed by atoms with Gasteiger partial charge in [-0.25, -0.2) is 4.99 Å². The Morgan fingerprint density at radius 2 is 2.07 bits per heavy atom. The molecule has 0 radical (unpaired) electrons. The molecule has 0 unspecified atom stereocenters. The molecule has 2 N–H and O–H groups in total. The van der Waals surface area contributed by atoms with Crippen LogP contribution in [0.4, 0.5) is 0 Å². The molecule has 6 nitrogen and oxygen atoms in total. The molecule has 0 spiro atoms. The van der Waals surface area contributed by atoms with E-state index in [0.29, 0.717) is 19.1 Å². The van der Waals surface area contributed by atoms with Crippen LogP contribution in [0, 0.1) is 5.92 Å². The summed E-state index contributed by atoms with van der Waals surface area (Å²) >= 11 is 0. The second-order valence-electron chi connectivity index (χ2n) is 6.81. The zero-order valence-electron chi connectivity index (χ0n) is 17.5. The van der Waals surface area contributed by atoms with Crippen molar-refractivity contribution in [1.29, 1.82) is 0 Å². The minimum absolute atomic E-state index is 0. The smallest absolute Gasteiger partial charge is 0.191 e. The summed E-state index contributed by atoms with van der Waals surface area (Å²) in [4.78, 5) is 4.68. The number of benzene rings is 1. The van der Waals surface area contributed by atoms with Crippen LogP contribution in [0.15, 0.2) is 41.9 Å². The molecule has 1 saturated heterocycles. The van der Waals surface area contributed by atoms with E-state index < -0.39 is 0 Å². The number of rotatable bonds is 12. The maximum absolute atomic E-state index is 5.82. The number of aliphatic imine (C=N–C) groups is 1. The first-order valence-corrected chi connectivity index (χ1v) is 10.3. The van der Waals surface area contributed by atoms with E-state index in [9.17, 15) is 0 Å². The summed E-state index contributed by atoms with van der Waals surface area (Å²) in [7, 11) is 0. The maximum Gasteiger partial charge on any atom is 0.191 e. The van der Waals surface area contributed by atoms with Gasteiger partial charge in [-0.2, -0.15) is 0 Å². The van der Waals surface area contributed by atoms with Crippen molar-refractivity contribution >= 4 is 29.9 Å². The predicted molar refractivity (Wildman–Crippen MR) is 129 cm³/mol. The van der Waals surface area contributed by atoms with Gasteiger partial charge in [0.25, 0.3) is 0 Å². The predicted octanol–water partition coefficient (Wildman–Crippen LogP) is 3.76. The Labute approximate surface area is 192 Å². The summed E-state index contributed by atoms with van der Waals surface area (Å²) in [6.45, 7) is 11.8. The van der Waals surface area contributed by atoms with Gasteiger partial charge in [0.05, 0.1) is 6.54 Å². The topological polar surface area (TPSA) is 64.1 Å². The molecule has 0 atom stereocenters. The fourth-order valence-electron chi connectivity index (χ4n) is 2.97. The molecule has 7 heteroatoms. The van der Waals surface area contributed by atoms with Crippen LogP contribution in [0.25, 0.3) is 0 Å². The Hall–Kier alpha value is -1.32. The summed E-state index contributed by atoms with van der Waals surface area (Å²) in [5.74, 6) is 2.32. The molecule has 0 amide bonds. The molecular formula is C22H36IN3O3. The zero-order chi connectivity index (χ0) is 19.9. The van der Waals surface area contributed by atoms with Crippen molar-refractivity contribution in [2.45, 2.75) is 32.7 Å². The van der Waals surface area contributed by atoms with E-state index >= 15 is 0 Å². The molecule has 2 rings (SSSR count). The van der Waals surface area contributed by atoms with Gasteiger partial charge in [-0.05, 0) is 38.2 Å².